The molecule has 0 aromatic carbocycles. The highest BCUT2D eigenvalue weighted by molar-refractivity contribution is 6.18. The molecule has 34 heavy (non-hydrogen) atoms. The second-order valence-electron chi connectivity index (χ2n) is 11.5. The highest BCUT2D eigenvalue weighted by Crippen LogP contribution is 2.43. The van der Waals surface area contributed by atoms with Crippen molar-refractivity contribution in [3.8, 4) is 0 Å². The molecular weight excluding hydrogens is 428 g/mol. The minimum atomic E-state index is -0.713. The van der Waals surface area contributed by atoms with Crippen LogP contribution in [0.5, 0.6) is 0 Å². The van der Waals surface area contributed by atoms with Gasteiger partial charge in [0.2, 0.25) is 0 Å². The summed E-state index contributed by atoms with van der Waals surface area (Å²) in [6.07, 6.45) is 7.41. The summed E-state index contributed by atoms with van der Waals surface area (Å²) in [6.45, 7) is 13.2. The number of aliphatic imine (C=N–C) groups is 1. The molecule has 2 unspecified atom stereocenters. The molecule has 0 bridgehead atoms. The SMILES string of the molecule is CC(C)C1CN(C2(C)N=C(C3CCC3)C3=C(CC(C)(C)OC3)C2=N)CCN1C(=O)c1ccoc1. The Kier molecular flexibility index (Phi) is 5.84. The van der Waals surface area contributed by atoms with Crippen LogP contribution in [0, 0.1) is 17.2 Å². The van der Waals surface area contributed by atoms with Crippen molar-refractivity contribution >= 4 is 17.3 Å². The topological polar surface area (TPSA) is 82.1 Å². The summed E-state index contributed by atoms with van der Waals surface area (Å²) in [5, 5.41) is 9.35. The number of amides is 1. The van der Waals surface area contributed by atoms with Gasteiger partial charge in [0.1, 0.15) is 6.26 Å². The molecule has 2 fully saturated rings. The predicted octanol–water partition coefficient (Wildman–Crippen LogP) is 4.55. The van der Waals surface area contributed by atoms with Gasteiger partial charge in [0.25, 0.3) is 5.91 Å². The minimum absolute atomic E-state index is 0.0193. The molecule has 1 aromatic heterocycles. The highest BCUT2D eigenvalue weighted by atomic mass is 16.5. The average Bonchev–Trinajstić information content (AvgIpc) is 3.29. The molecule has 2 atom stereocenters. The fourth-order valence-corrected chi connectivity index (χ4v) is 5.88. The van der Waals surface area contributed by atoms with Gasteiger partial charge in [0.15, 0.2) is 5.66 Å². The first-order valence-electron chi connectivity index (χ1n) is 12.7. The van der Waals surface area contributed by atoms with Crippen LogP contribution in [0.3, 0.4) is 0 Å². The fraction of sp³-hybridized carbons (Fsp3) is 0.667. The number of nitrogens with one attached hydrogen (secondary N) is 1. The quantitative estimate of drug-likeness (QED) is 0.706. The lowest BCUT2D eigenvalue weighted by molar-refractivity contribution is -0.0128. The zero-order valence-electron chi connectivity index (χ0n) is 21.2. The van der Waals surface area contributed by atoms with E-state index in [4.69, 9.17) is 14.1 Å². The molecule has 1 saturated heterocycles. The van der Waals surface area contributed by atoms with E-state index in [0.717, 1.165) is 12.0 Å². The molecular formula is C27H38N4O3. The number of hydrogen-bond acceptors (Lipinski definition) is 6. The number of rotatable bonds is 4. The molecule has 1 saturated carbocycles. The van der Waals surface area contributed by atoms with Gasteiger partial charge >= 0.3 is 0 Å². The molecule has 5 rings (SSSR count). The van der Waals surface area contributed by atoms with Gasteiger partial charge in [-0.05, 0) is 51.2 Å². The van der Waals surface area contributed by atoms with Crippen LogP contribution in [0.25, 0.3) is 0 Å². The number of dihydropyridines is 1. The Bertz CT molecular complexity index is 1030. The second-order valence-corrected chi connectivity index (χ2v) is 11.5. The summed E-state index contributed by atoms with van der Waals surface area (Å²) < 4.78 is 11.3. The Morgan fingerprint density at radius 3 is 2.59 bits per heavy atom. The van der Waals surface area contributed by atoms with Crippen molar-refractivity contribution in [1.29, 1.82) is 5.41 Å². The van der Waals surface area contributed by atoms with E-state index in [2.05, 4.69) is 39.5 Å². The van der Waals surface area contributed by atoms with Crippen LogP contribution in [0.2, 0.25) is 0 Å². The predicted molar refractivity (Wildman–Crippen MR) is 133 cm³/mol. The van der Waals surface area contributed by atoms with Gasteiger partial charge < -0.3 is 19.5 Å². The van der Waals surface area contributed by atoms with Crippen LogP contribution >= 0.6 is 0 Å². The molecule has 1 aromatic rings. The maximum atomic E-state index is 13.2. The van der Waals surface area contributed by atoms with E-state index in [1.807, 2.05) is 4.90 Å². The van der Waals surface area contributed by atoms with Crippen LogP contribution in [-0.4, -0.2) is 70.7 Å². The van der Waals surface area contributed by atoms with E-state index in [-0.39, 0.29) is 23.5 Å². The van der Waals surface area contributed by atoms with Gasteiger partial charge in [0, 0.05) is 49.3 Å². The maximum Gasteiger partial charge on any atom is 0.257 e. The molecule has 4 aliphatic rings. The number of carbonyl (C=O) groups is 1. The van der Waals surface area contributed by atoms with Crippen molar-refractivity contribution < 1.29 is 13.9 Å². The normalized spacial score (nSPS) is 30.3. The molecule has 1 amide bonds. The van der Waals surface area contributed by atoms with Gasteiger partial charge in [-0.15, -0.1) is 0 Å². The summed E-state index contributed by atoms with van der Waals surface area (Å²) in [6, 6.07) is 1.78. The highest BCUT2D eigenvalue weighted by Gasteiger charge is 2.49. The number of furan rings is 1. The molecule has 0 spiro atoms. The first-order chi connectivity index (χ1) is 16.1. The zero-order valence-corrected chi connectivity index (χ0v) is 21.2. The van der Waals surface area contributed by atoms with Crippen molar-refractivity contribution in [3.05, 3.63) is 35.3 Å². The van der Waals surface area contributed by atoms with Gasteiger partial charge in [-0.25, -0.2) is 0 Å². The van der Waals surface area contributed by atoms with Crippen molar-refractivity contribution in [1.82, 2.24) is 9.80 Å². The molecule has 4 heterocycles. The molecule has 7 heteroatoms. The Labute approximate surface area is 202 Å². The van der Waals surface area contributed by atoms with Gasteiger partial charge in [-0.2, -0.15) is 0 Å². The first kappa shape index (κ1) is 23.5. The molecule has 7 nitrogen and oxygen atoms in total. The number of ether oxygens (including phenoxy) is 1. The van der Waals surface area contributed by atoms with Gasteiger partial charge in [0.05, 0.1) is 29.7 Å². The van der Waals surface area contributed by atoms with Crippen LogP contribution in [0.4, 0.5) is 0 Å². The van der Waals surface area contributed by atoms with E-state index in [0.29, 0.717) is 43.4 Å². The number of hydrogen-bond donors (Lipinski definition) is 1. The molecule has 0 radical (unpaired) electrons. The number of nitrogens with zero attached hydrogens (tertiary/aromatic N) is 3. The Hall–Kier alpha value is -2.25. The third-order valence-electron chi connectivity index (χ3n) is 8.32. The molecule has 3 aliphatic heterocycles. The van der Waals surface area contributed by atoms with Crippen molar-refractivity contribution in [3.63, 3.8) is 0 Å². The van der Waals surface area contributed by atoms with Crippen LogP contribution in [0.1, 0.15) is 70.7 Å². The first-order valence-corrected chi connectivity index (χ1v) is 12.7. The van der Waals surface area contributed by atoms with Gasteiger partial charge in [-0.3, -0.25) is 14.7 Å². The number of carbonyl (C=O) groups excluding carboxylic acids is 1. The lowest BCUT2D eigenvalue weighted by atomic mass is 9.73. The van der Waals surface area contributed by atoms with E-state index in [1.54, 1.807) is 12.3 Å². The summed E-state index contributed by atoms with van der Waals surface area (Å²) >= 11 is 0. The van der Waals surface area contributed by atoms with E-state index < -0.39 is 5.66 Å². The van der Waals surface area contributed by atoms with Crippen molar-refractivity contribution in [2.24, 2.45) is 16.8 Å². The summed E-state index contributed by atoms with van der Waals surface area (Å²) in [7, 11) is 0. The molecule has 1 N–H and O–H groups in total. The monoisotopic (exact) mass is 466 g/mol. The zero-order chi connectivity index (χ0) is 24.3. The summed E-state index contributed by atoms with van der Waals surface area (Å²) in [5.41, 5.74) is 3.70. The lowest BCUT2D eigenvalue weighted by Crippen LogP contribution is -2.65. The summed E-state index contributed by atoms with van der Waals surface area (Å²) in [5.74, 6) is 0.782. The average molecular weight is 467 g/mol. The third kappa shape index (κ3) is 3.87. The van der Waals surface area contributed by atoms with E-state index in [9.17, 15) is 10.2 Å². The van der Waals surface area contributed by atoms with E-state index in [1.165, 1.54) is 36.8 Å². The van der Waals surface area contributed by atoms with E-state index >= 15 is 0 Å². The Morgan fingerprint density at radius 1 is 1.21 bits per heavy atom. The summed E-state index contributed by atoms with van der Waals surface area (Å²) in [4.78, 5) is 22.9. The molecule has 184 valence electrons. The molecule has 1 aliphatic carbocycles. The van der Waals surface area contributed by atoms with Crippen molar-refractivity contribution in [2.75, 3.05) is 26.2 Å². The van der Waals surface area contributed by atoms with Crippen molar-refractivity contribution in [2.45, 2.75) is 77.6 Å². The lowest BCUT2D eigenvalue weighted by Gasteiger charge is -2.52. The third-order valence-corrected chi connectivity index (χ3v) is 8.32. The minimum Gasteiger partial charge on any atom is -0.472 e. The number of piperazine rings is 1. The van der Waals surface area contributed by atoms with Crippen LogP contribution < -0.4 is 0 Å². The second kappa shape index (κ2) is 8.45. The van der Waals surface area contributed by atoms with Crippen LogP contribution in [-0.2, 0) is 4.74 Å². The smallest absolute Gasteiger partial charge is 0.257 e. The standard InChI is InChI=1S/C27H38N4O3/c1-17(2)22-14-30(10-11-31(22)25(32)19-9-12-33-15-19)27(5)24(28)20-13-26(3,4)34-16-21(20)23(29-27)18-7-6-8-18/h9,12,15,17-18,22,28H,6-8,10-11,13-14,16H2,1-5H3. The Morgan fingerprint density at radius 2 is 1.97 bits per heavy atom. The largest absolute Gasteiger partial charge is 0.472 e. The maximum absolute atomic E-state index is 13.2. The van der Waals surface area contributed by atoms with Crippen LogP contribution in [0.15, 0.2) is 39.1 Å². The Balaban J connectivity index is 1.46. The van der Waals surface area contributed by atoms with Gasteiger partial charge in [-0.1, -0.05) is 20.3 Å². The fourth-order valence-electron chi connectivity index (χ4n) is 5.88.